The molecule has 3 aromatic rings. The second-order valence-corrected chi connectivity index (χ2v) is 8.96. The molecule has 0 saturated carbocycles. The van der Waals surface area contributed by atoms with Crippen LogP contribution in [0.5, 0.6) is 0 Å². The lowest BCUT2D eigenvalue weighted by Gasteiger charge is -2.22. The molecular formula is C26H33NO2. The highest BCUT2D eigenvalue weighted by Crippen LogP contribution is 2.34. The molecule has 1 aromatic heterocycles. The van der Waals surface area contributed by atoms with Crippen molar-refractivity contribution in [2.24, 2.45) is 0 Å². The summed E-state index contributed by atoms with van der Waals surface area (Å²) in [4.78, 5) is 13.5. The Hall–Kier alpha value is -2.55. The maximum Gasteiger partial charge on any atom is 0.256 e. The van der Waals surface area contributed by atoms with E-state index in [0.717, 1.165) is 44.7 Å². The number of hydrogen-bond acceptors (Lipinski definition) is 2. The van der Waals surface area contributed by atoms with E-state index in [1.807, 2.05) is 32.0 Å². The first-order chi connectivity index (χ1) is 13.6. The van der Waals surface area contributed by atoms with Crippen LogP contribution in [0.15, 0.2) is 34.7 Å². The molecule has 1 amide bonds. The largest absolute Gasteiger partial charge is 0.459 e. The van der Waals surface area contributed by atoms with Crippen LogP contribution in [0.2, 0.25) is 0 Å². The number of para-hydroxylation sites is 1. The molecule has 0 aliphatic carbocycles. The van der Waals surface area contributed by atoms with Crippen molar-refractivity contribution in [2.45, 2.75) is 73.1 Å². The predicted molar refractivity (Wildman–Crippen MR) is 122 cm³/mol. The third-order valence-electron chi connectivity index (χ3n) is 5.81. The lowest BCUT2D eigenvalue weighted by Crippen LogP contribution is -2.19. The highest BCUT2D eigenvalue weighted by Gasteiger charge is 2.23. The van der Waals surface area contributed by atoms with Crippen LogP contribution in [0.25, 0.3) is 11.0 Å². The number of furan rings is 1. The lowest BCUT2D eigenvalue weighted by atomic mass is 9.84. The quantitative estimate of drug-likeness (QED) is 0.485. The van der Waals surface area contributed by atoms with Crippen LogP contribution in [0.1, 0.15) is 97.7 Å². The first kappa shape index (κ1) is 21.2. The average molecular weight is 392 g/mol. The maximum atomic E-state index is 13.5. The van der Waals surface area contributed by atoms with Crippen molar-refractivity contribution in [3.63, 3.8) is 0 Å². The predicted octanol–water partition coefficient (Wildman–Crippen LogP) is 7.67. The fraction of sp³-hybridized carbons (Fsp3) is 0.423. The second kappa shape index (κ2) is 8.06. The van der Waals surface area contributed by atoms with E-state index >= 15 is 0 Å². The van der Waals surface area contributed by atoms with E-state index in [0.29, 0.717) is 5.92 Å². The van der Waals surface area contributed by atoms with Gasteiger partial charge in [0.2, 0.25) is 0 Å². The fourth-order valence-corrected chi connectivity index (χ4v) is 3.86. The molecule has 1 N–H and O–H groups in total. The summed E-state index contributed by atoms with van der Waals surface area (Å²) in [5, 5.41) is 4.19. The first-order valence-electron chi connectivity index (χ1n) is 10.6. The normalized spacial score (nSPS) is 11.8. The highest BCUT2D eigenvalue weighted by molar-refractivity contribution is 6.10. The van der Waals surface area contributed by atoms with E-state index in [2.05, 4.69) is 59.0 Å². The third-order valence-corrected chi connectivity index (χ3v) is 5.81. The molecule has 0 radical (unpaired) electrons. The lowest BCUT2D eigenvalue weighted by molar-refractivity contribution is 0.102. The van der Waals surface area contributed by atoms with Crippen LogP contribution in [0, 0.1) is 13.8 Å². The van der Waals surface area contributed by atoms with Crippen molar-refractivity contribution >= 4 is 22.6 Å². The van der Waals surface area contributed by atoms with Crippen LogP contribution in [0.4, 0.5) is 5.69 Å². The molecule has 0 fully saturated rings. The summed E-state index contributed by atoms with van der Waals surface area (Å²) in [5.74, 6) is 1.76. The van der Waals surface area contributed by atoms with Crippen LogP contribution in [-0.4, -0.2) is 5.91 Å². The molecule has 154 valence electrons. The van der Waals surface area contributed by atoms with Crippen molar-refractivity contribution in [3.8, 4) is 0 Å². The fourth-order valence-electron chi connectivity index (χ4n) is 3.86. The van der Waals surface area contributed by atoms with Gasteiger partial charge in [0.1, 0.15) is 5.76 Å². The van der Waals surface area contributed by atoms with E-state index in [9.17, 15) is 4.79 Å². The number of benzene rings is 2. The van der Waals surface area contributed by atoms with Gasteiger partial charge in [-0.25, -0.2) is 0 Å². The van der Waals surface area contributed by atoms with Gasteiger partial charge < -0.3 is 9.73 Å². The van der Waals surface area contributed by atoms with Gasteiger partial charge in [0.25, 0.3) is 5.91 Å². The smallest absolute Gasteiger partial charge is 0.256 e. The average Bonchev–Trinajstić information content (AvgIpc) is 2.95. The Morgan fingerprint density at radius 1 is 0.897 bits per heavy atom. The minimum absolute atomic E-state index is 0.0630. The minimum atomic E-state index is -0.0630. The Kier molecular flexibility index (Phi) is 5.88. The Morgan fingerprint density at radius 2 is 1.48 bits per heavy atom. The molecule has 0 unspecified atom stereocenters. The summed E-state index contributed by atoms with van der Waals surface area (Å²) < 4.78 is 5.96. The number of carbonyl (C=O) groups excluding carboxylic acids is 1. The molecule has 0 atom stereocenters. The Bertz CT molecular complexity index is 1020. The van der Waals surface area contributed by atoms with E-state index in [4.69, 9.17) is 4.42 Å². The summed E-state index contributed by atoms with van der Waals surface area (Å²) in [7, 11) is 0. The zero-order valence-electron chi connectivity index (χ0n) is 18.9. The summed E-state index contributed by atoms with van der Waals surface area (Å²) in [6.07, 6.45) is 0. The molecule has 0 saturated heterocycles. The number of anilines is 1. The number of fused-ring (bicyclic) bond motifs is 1. The van der Waals surface area contributed by atoms with Gasteiger partial charge >= 0.3 is 0 Å². The van der Waals surface area contributed by atoms with Crippen molar-refractivity contribution < 1.29 is 9.21 Å². The molecule has 3 rings (SSSR count). The van der Waals surface area contributed by atoms with E-state index < -0.39 is 0 Å². The maximum absolute atomic E-state index is 13.5. The summed E-state index contributed by atoms with van der Waals surface area (Å²) in [6.45, 7) is 17.0. The topological polar surface area (TPSA) is 42.2 Å². The molecular weight excluding hydrogens is 358 g/mol. The second-order valence-electron chi connectivity index (χ2n) is 8.96. The molecule has 0 spiro atoms. The van der Waals surface area contributed by atoms with Crippen LogP contribution < -0.4 is 5.32 Å². The monoisotopic (exact) mass is 391 g/mol. The molecule has 0 bridgehead atoms. The zero-order valence-corrected chi connectivity index (χ0v) is 18.9. The number of hydrogen-bond donors (Lipinski definition) is 1. The Labute approximate surface area is 174 Å². The number of amides is 1. The molecule has 0 aliphatic rings. The van der Waals surface area contributed by atoms with Gasteiger partial charge in [-0.15, -0.1) is 0 Å². The number of carbonyl (C=O) groups is 1. The highest BCUT2D eigenvalue weighted by atomic mass is 16.3. The van der Waals surface area contributed by atoms with Crippen molar-refractivity contribution in [1.29, 1.82) is 0 Å². The van der Waals surface area contributed by atoms with E-state index in [-0.39, 0.29) is 17.7 Å². The van der Waals surface area contributed by atoms with Crippen LogP contribution >= 0.6 is 0 Å². The van der Waals surface area contributed by atoms with Crippen molar-refractivity contribution in [2.75, 3.05) is 5.32 Å². The molecule has 3 nitrogen and oxygen atoms in total. The Morgan fingerprint density at radius 3 is 2.00 bits per heavy atom. The van der Waals surface area contributed by atoms with Gasteiger partial charge in [0, 0.05) is 10.9 Å². The van der Waals surface area contributed by atoms with Crippen LogP contribution in [0.3, 0.4) is 0 Å². The van der Waals surface area contributed by atoms with Crippen molar-refractivity contribution in [1.82, 2.24) is 0 Å². The number of rotatable bonds is 5. The first-order valence-corrected chi connectivity index (χ1v) is 10.6. The van der Waals surface area contributed by atoms with Crippen LogP contribution in [-0.2, 0) is 0 Å². The molecule has 1 heterocycles. The SMILES string of the molecule is Cc1oc2c(NC(=O)c3c(C(C)C)cc(C(C)C)cc3C(C)C)cccc2c1C. The zero-order chi connectivity index (χ0) is 21.5. The summed E-state index contributed by atoms with van der Waals surface area (Å²) in [5.41, 5.74) is 6.88. The van der Waals surface area contributed by atoms with E-state index in [1.54, 1.807) is 0 Å². The third kappa shape index (κ3) is 3.96. The standard InChI is InChI=1S/C26H33NO2/c1-14(2)19-12-21(15(3)4)24(22(13-19)16(5)6)26(28)27-23-11-9-10-20-17(7)18(8)29-25(20)23/h9-16H,1-8H3,(H,27,28). The van der Waals surface area contributed by atoms with Crippen molar-refractivity contribution in [3.05, 3.63) is 63.9 Å². The van der Waals surface area contributed by atoms with Gasteiger partial charge in [0.15, 0.2) is 5.58 Å². The van der Waals surface area contributed by atoms with Gasteiger partial charge in [-0.05, 0) is 59.9 Å². The van der Waals surface area contributed by atoms with Gasteiger partial charge in [0.05, 0.1) is 5.69 Å². The molecule has 29 heavy (non-hydrogen) atoms. The number of aryl methyl sites for hydroxylation is 2. The summed E-state index contributed by atoms with van der Waals surface area (Å²) >= 11 is 0. The molecule has 0 aliphatic heterocycles. The molecule has 2 aromatic carbocycles. The summed E-state index contributed by atoms with van der Waals surface area (Å²) in [6, 6.07) is 10.3. The van der Waals surface area contributed by atoms with Gasteiger partial charge in [-0.1, -0.05) is 65.8 Å². The number of nitrogens with one attached hydrogen (secondary N) is 1. The van der Waals surface area contributed by atoms with E-state index in [1.165, 1.54) is 5.56 Å². The minimum Gasteiger partial charge on any atom is -0.459 e. The molecule has 3 heteroatoms. The van der Waals surface area contributed by atoms with Gasteiger partial charge in [-0.3, -0.25) is 4.79 Å². The van der Waals surface area contributed by atoms with Gasteiger partial charge in [-0.2, -0.15) is 0 Å². The Balaban J connectivity index is 2.13.